The van der Waals surface area contributed by atoms with Crippen molar-refractivity contribution < 1.29 is 22.7 Å². The number of carbonyl (C=O) groups is 2. The van der Waals surface area contributed by atoms with Crippen molar-refractivity contribution in [1.82, 2.24) is 9.21 Å². The van der Waals surface area contributed by atoms with Crippen LogP contribution in [0.15, 0.2) is 59.5 Å². The number of ether oxygens (including phenoxy) is 1. The smallest absolute Gasteiger partial charge is 0.331 e. The molecule has 2 aromatic carbocycles. The number of amides is 1. The Bertz CT molecular complexity index is 1080. The highest BCUT2D eigenvalue weighted by atomic mass is 35.5. The zero-order chi connectivity index (χ0) is 22.4. The summed E-state index contributed by atoms with van der Waals surface area (Å²) in [6, 6.07) is 13.0. The predicted octanol–water partition coefficient (Wildman–Crippen LogP) is 3.08. The summed E-state index contributed by atoms with van der Waals surface area (Å²) in [4.78, 5) is 25.9. The van der Waals surface area contributed by atoms with Gasteiger partial charge in [0.25, 0.3) is 5.91 Å². The lowest BCUT2D eigenvalue weighted by molar-refractivity contribution is -0.148. The lowest BCUT2D eigenvalue weighted by atomic mass is 10.2. The predicted molar refractivity (Wildman–Crippen MR) is 118 cm³/mol. The van der Waals surface area contributed by atoms with Crippen LogP contribution in [0, 0.1) is 0 Å². The molecule has 164 valence electrons. The van der Waals surface area contributed by atoms with Crippen molar-refractivity contribution >= 4 is 51.2 Å². The van der Waals surface area contributed by atoms with E-state index in [-0.39, 0.29) is 37.0 Å². The fourth-order valence-electron chi connectivity index (χ4n) is 2.99. The quantitative estimate of drug-likeness (QED) is 0.466. The molecule has 0 bridgehead atoms. The van der Waals surface area contributed by atoms with Gasteiger partial charge in [0.05, 0.1) is 4.90 Å². The number of esters is 1. The lowest BCUT2D eigenvalue weighted by Gasteiger charge is -2.33. The number of nitrogens with zero attached hydrogens (tertiary/aromatic N) is 2. The van der Waals surface area contributed by atoms with Crippen molar-refractivity contribution in [1.29, 1.82) is 0 Å². The molecule has 0 spiro atoms. The highest BCUT2D eigenvalue weighted by Gasteiger charge is 2.30. The van der Waals surface area contributed by atoms with Gasteiger partial charge in [-0.1, -0.05) is 47.5 Å². The number of halogens is 2. The molecule has 0 aromatic heterocycles. The van der Waals surface area contributed by atoms with Crippen LogP contribution in [0.4, 0.5) is 0 Å². The van der Waals surface area contributed by atoms with E-state index in [4.69, 9.17) is 27.9 Å². The van der Waals surface area contributed by atoms with Gasteiger partial charge in [0.15, 0.2) is 6.61 Å². The first-order valence-electron chi connectivity index (χ1n) is 9.40. The van der Waals surface area contributed by atoms with Crippen LogP contribution in [0.3, 0.4) is 0 Å². The molecule has 0 unspecified atom stereocenters. The third-order valence-electron chi connectivity index (χ3n) is 4.67. The molecule has 7 nitrogen and oxygen atoms in total. The number of hydrogen-bond donors (Lipinski definition) is 0. The van der Waals surface area contributed by atoms with Crippen molar-refractivity contribution in [3.8, 4) is 0 Å². The summed E-state index contributed by atoms with van der Waals surface area (Å²) in [7, 11) is -3.60. The van der Waals surface area contributed by atoms with Crippen molar-refractivity contribution in [2.75, 3.05) is 32.8 Å². The molecule has 0 saturated carbocycles. The molecule has 1 saturated heterocycles. The molecule has 0 radical (unpaired) electrons. The molecule has 1 aliphatic heterocycles. The summed E-state index contributed by atoms with van der Waals surface area (Å²) >= 11 is 11.9. The van der Waals surface area contributed by atoms with Gasteiger partial charge in [-0.15, -0.1) is 0 Å². The molecule has 3 rings (SSSR count). The molecule has 0 atom stereocenters. The Kier molecular flexibility index (Phi) is 7.72. The molecule has 10 heteroatoms. The van der Waals surface area contributed by atoms with Gasteiger partial charge in [0.2, 0.25) is 10.0 Å². The highest BCUT2D eigenvalue weighted by molar-refractivity contribution is 7.89. The first-order chi connectivity index (χ1) is 14.8. The third kappa shape index (κ3) is 6.07. The van der Waals surface area contributed by atoms with Crippen LogP contribution < -0.4 is 0 Å². The number of piperazine rings is 1. The van der Waals surface area contributed by atoms with Crippen LogP contribution in [0.5, 0.6) is 0 Å². The average Bonchev–Trinajstić information content (AvgIpc) is 2.77. The third-order valence-corrected chi connectivity index (χ3v) is 7.15. The summed E-state index contributed by atoms with van der Waals surface area (Å²) in [5.41, 5.74) is 0.588. The second kappa shape index (κ2) is 10.3. The normalized spacial score (nSPS) is 15.2. The Hall–Kier alpha value is -2.39. The van der Waals surface area contributed by atoms with Gasteiger partial charge in [-0.3, -0.25) is 4.79 Å². The maximum absolute atomic E-state index is 12.6. The average molecular weight is 483 g/mol. The molecule has 31 heavy (non-hydrogen) atoms. The SMILES string of the molecule is O=C(/C=C/c1ccc(Cl)cc1Cl)OCC(=O)N1CCN(S(=O)(=O)c2ccccc2)CC1. The Morgan fingerprint density at radius 3 is 2.32 bits per heavy atom. The van der Waals surface area contributed by atoms with E-state index in [0.717, 1.165) is 0 Å². The lowest BCUT2D eigenvalue weighted by Crippen LogP contribution is -2.51. The molecule has 1 heterocycles. The number of hydrogen-bond acceptors (Lipinski definition) is 5. The summed E-state index contributed by atoms with van der Waals surface area (Å²) in [6.07, 6.45) is 2.64. The topological polar surface area (TPSA) is 84.0 Å². The molecular weight excluding hydrogens is 463 g/mol. The van der Waals surface area contributed by atoms with Gasteiger partial charge in [0, 0.05) is 42.3 Å². The van der Waals surface area contributed by atoms with E-state index in [1.54, 1.807) is 36.4 Å². The Labute approximate surface area is 190 Å². The molecule has 0 N–H and O–H groups in total. The first kappa shape index (κ1) is 23.3. The van der Waals surface area contributed by atoms with E-state index in [0.29, 0.717) is 15.6 Å². The van der Waals surface area contributed by atoms with E-state index in [1.165, 1.54) is 33.5 Å². The van der Waals surface area contributed by atoms with E-state index < -0.39 is 22.6 Å². The maximum atomic E-state index is 12.6. The molecule has 1 amide bonds. The van der Waals surface area contributed by atoms with E-state index in [1.807, 2.05) is 0 Å². The summed E-state index contributed by atoms with van der Waals surface area (Å²) < 4.78 is 31.6. The molecule has 0 aliphatic carbocycles. The van der Waals surface area contributed by atoms with Crippen LogP contribution in [0.25, 0.3) is 6.08 Å². The molecule has 2 aromatic rings. The van der Waals surface area contributed by atoms with Crippen LogP contribution in [0.2, 0.25) is 10.0 Å². The largest absolute Gasteiger partial charge is 0.452 e. The van der Waals surface area contributed by atoms with Gasteiger partial charge < -0.3 is 9.64 Å². The van der Waals surface area contributed by atoms with Crippen molar-refractivity contribution in [3.05, 3.63) is 70.2 Å². The molecular formula is C21H20Cl2N2O5S. The first-order valence-corrected chi connectivity index (χ1v) is 11.6. The Morgan fingerprint density at radius 2 is 1.68 bits per heavy atom. The van der Waals surface area contributed by atoms with E-state index in [9.17, 15) is 18.0 Å². The second-order valence-electron chi connectivity index (χ2n) is 6.70. The Morgan fingerprint density at radius 1 is 1.00 bits per heavy atom. The van der Waals surface area contributed by atoms with E-state index >= 15 is 0 Å². The number of sulfonamides is 1. The van der Waals surface area contributed by atoms with Gasteiger partial charge in [-0.25, -0.2) is 13.2 Å². The number of carbonyl (C=O) groups excluding carboxylic acids is 2. The monoisotopic (exact) mass is 482 g/mol. The molecule has 1 fully saturated rings. The summed E-state index contributed by atoms with van der Waals surface area (Å²) in [6.45, 7) is 0.359. The van der Waals surface area contributed by atoms with E-state index in [2.05, 4.69) is 0 Å². The van der Waals surface area contributed by atoms with Gasteiger partial charge in [-0.05, 0) is 35.9 Å². The molecule has 1 aliphatic rings. The number of rotatable bonds is 6. The van der Waals surface area contributed by atoms with Crippen LogP contribution in [-0.4, -0.2) is 62.3 Å². The number of benzene rings is 2. The zero-order valence-electron chi connectivity index (χ0n) is 16.4. The fourth-order valence-corrected chi connectivity index (χ4v) is 4.90. The van der Waals surface area contributed by atoms with Gasteiger partial charge in [0.1, 0.15) is 0 Å². The standard InChI is InChI=1S/C21H20Cl2N2O5S/c22-17-8-6-16(19(23)14-17)7-9-21(27)30-15-20(26)24-10-12-25(13-11-24)31(28,29)18-4-2-1-3-5-18/h1-9,14H,10-13,15H2/b9-7+. The second-order valence-corrected chi connectivity index (χ2v) is 9.49. The minimum Gasteiger partial charge on any atom is -0.452 e. The van der Waals surface area contributed by atoms with Crippen molar-refractivity contribution in [2.24, 2.45) is 0 Å². The van der Waals surface area contributed by atoms with Gasteiger partial charge >= 0.3 is 5.97 Å². The minimum atomic E-state index is -3.60. The summed E-state index contributed by atoms with van der Waals surface area (Å²) in [5, 5.41) is 0.864. The van der Waals surface area contributed by atoms with Crippen molar-refractivity contribution in [2.45, 2.75) is 4.90 Å². The summed E-state index contributed by atoms with van der Waals surface area (Å²) in [5.74, 6) is -1.08. The highest BCUT2D eigenvalue weighted by Crippen LogP contribution is 2.22. The van der Waals surface area contributed by atoms with Crippen LogP contribution >= 0.6 is 23.2 Å². The van der Waals surface area contributed by atoms with Crippen molar-refractivity contribution in [3.63, 3.8) is 0 Å². The zero-order valence-corrected chi connectivity index (χ0v) is 18.7. The fraction of sp³-hybridized carbons (Fsp3) is 0.238. The minimum absolute atomic E-state index is 0.173. The van der Waals surface area contributed by atoms with Crippen LogP contribution in [0.1, 0.15) is 5.56 Å². The van der Waals surface area contributed by atoms with Crippen LogP contribution in [-0.2, 0) is 24.3 Å². The maximum Gasteiger partial charge on any atom is 0.331 e. The Balaban J connectivity index is 1.48. The van der Waals surface area contributed by atoms with Gasteiger partial charge in [-0.2, -0.15) is 4.31 Å².